The van der Waals surface area contributed by atoms with Gasteiger partial charge in [-0.1, -0.05) is 6.07 Å². The molecule has 0 bridgehead atoms. The van der Waals surface area contributed by atoms with E-state index in [9.17, 15) is 9.90 Å². The maximum atomic E-state index is 12.0. The number of aromatic hydroxyl groups is 1. The van der Waals surface area contributed by atoms with Crippen molar-refractivity contribution in [2.75, 3.05) is 36.9 Å². The van der Waals surface area contributed by atoms with Gasteiger partial charge in [0.05, 0.1) is 24.6 Å². The summed E-state index contributed by atoms with van der Waals surface area (Å²) >= 11 is 0. The van der Waals surface area contributed by atoms with Gasteiger partial charge in [0.1, 0.15) is 5.75 Å². The van der Waals surface area contributed by atoms with Crippen molar-refractivity contribution in [3.8, 4) is 28.4 Å². The van der Waals surface area contributed by atoms with E-state index in [-0.39, 0.29) is 17.1 Å². The number of hydrogen-bond donors (Lipinski definition) is 3. The Balaban J connectivity index is 1.79. The second-order valence-electron chi connectivity index (χ2n) is 7.17. The molecule has 2 aromatic carbocycles. The number of nitrogen functional groups attached to an aromatic ring is 1. The molecule has 4 rings (SSSR count). The number of hydrogen-bond acceptors (Lipinski definition) is 7. The molecule has 0 radical (unpaired) electrons. The van der Waals surface area contributed by atoms with E-state index < -0.39 is 5.91 Å². The van der Waals surface area contributed by atoms with Crippen LogP contribution in [-0.4, -0.2) is 47.3 Å². The molecule has 5 N–H and O–H groups in total. The second-order valence-corrected chi connectivity index (χ2v) is 7.17. The fourth-order valence-corrected chi connectivity index (χ4v) is 3.50. The Kier molecular flexibility index (Phi) is 5.24. The van der Waals surface area contributed by atoms with Crippen LogP contribution in [0.25, 0.3) is 22.6 Å². The molecule has 1 saturated heterocycles. The van der Waals surface area contributed by atoms with E-state index in [1.54, 1.807) is 18.2 Å². The Morgan fingerprint density at radius 3 is 2.47 bits per heavy atom. The topological polar surface area (TPSA) is 128 Å². The van der Waals surface area contributed by atoms with Crippen molar-refractivity contribution in [1.29, 1.82) is 0 Å². The average Bonchev–Trinajstić information content (AvgIpc) is 2.76. The van der Waals surface area contributed by atoms with Gasteiger partial charge >= 0.3 is 0 Å². The summed E-state index contributed by atoms with van der Waals surface area (Å²) in [4.78, 5) is 23.2. The number of anilines is 2. The SMILES string of the molecule is Cc1ccc(O)cc1-c1nc(-c2ccc(N3CCOCC3)cc2)nc(C(N)=O)c1N. The number of carbonyl (C=O) groups is 1. The quantitative estimate of drug-likeness (QED) is 0.608. The van der Waals surface area contributed by atoms with E-state index in [1.165, 1.54) is 0 Å². The number of aryl methyl sites for hydroxylation is 1. The number of amides is 1. The molecule has 0 saturated carbocycles. The first kappa shape index (κ1) is 19.7. The standard InChI is InChI=1S/C22H23N5O3/c1-13-2-7-16(28)12-17(13)19-18(23)20(21(24)29)26-22(25-19)14-3-5-15(6-4-14)27-8-10-30-11-9-27/h2-7,12,28H,8-11,23H2,1H3,(H2,24,29). The van der Waals surface area contributed by atoms with Crippen LogP contribution in [0.3, 0.4) is 0 Å². The number of phenols is 1. The number of nitrogens with two attached hydrogens (primary N) is 2. The molecule has 0 aliphatic carbocycles. The lowest BCUT2D eigenvalue weighted by Crippen LogP contribution is -2.36. The minimum absolute atomic E-state index is 0.0463. The Bertz CT molecular complexity index is 1090. The number of benzene rings is 2. The van der Waals surface area contributed by atoms with Crippen molar-refractivity contribution in [2.24, 2.45) is 5.73 Å². The summed E-state index contributed by atoms with van der Waals surface area (Å²) < 4.78 is 5.40. The van der Waals surface area contributed by atoms with Gasteiger partial charge in [0.25, 0.3) is 5.91 Å². The normalized spacial score (nSPS) is 14.0. The van der Waals surface area contributed by atoms with E-state index in [0.29, 0.717) is 30.3 Å². The van der Waals surface area contributed by atoms with Crippen LogP contribution < -0.4 is 16.4 Å². The van der Waals surface area contributed by atoms with Gasteiger partial charge in [-0.15, -0.1) is 0 Å². The number of ether oxygens (including phenoxy) is 1. The Morgan fingerprint density at radius 2 is 1.80 bits per heavy atom. The summed E-state index contributed by atoms with van der Waals surface area (Å²) in [6.45, 7) is 4.96. The molecular formula is C22H23N5O3. The largest absolute Gasteiger partial charge is 0.508 e. The van der Waals surface area contributed by atoms with Crippen LogP contribution in [0.5, 0.6) is 5.75 Å². The molecule has 1 aromatic heterocycles. The number of primary amides is 1. The van der Waals surface area contributed by atoms with E-state index in [4.69, 9.17) is 16.2 Å². The van der Waals surface area contributed by atoms with Crippen molar-refractivity contribution in [3.05, 3.63) is 53.7 Å². The van der Waals surface area contributed by atoms with Crippen LogP contribution in [0, 0.1) is 6.92 Å². The average molecular weight is 405 g/mol. The van der Waals surface area contributed by atoms with Crippen molar-refractivity contribution in [1.82, 2.24) is 9.97 Å². The third-order valence-electron chi connectivity index (χ3n) is 5.16. The van der Waals surface area contributed by atoms with Crippen LogP contribution in [0.2, 0.25) is 0 Å². The first-order chi connectivity index (χ1) is 14.4. The number of rotatable bonds is 4. The zero-order valence-corrected chi connectivity index (χ0v) is 16.6. The number of phenolic OH excluding ortho intramolecular Hbond substituents is 1. The highest BCUT2D eigenvalue weighted by Gasteiger charge is 2.20. The van der Waals surface area contributed by atoms with Crippen LogP contribution in [-0.2, 0) is 4.74 Å². The number of aromatic nitrogens is 2. The van der Waals surface area contributed by atoms with Gasteiger partial charge in [-0.25, -0.2) is 9.97 Å². The first-order valence-corrected chi connectivity index (χ1v) is 9.64. The Hall–Kier alpha value is -3.65. The van der Waals surface area contributed by atoms with Gasteiger partial charge in [-0.3, -0.25) is 4.79 Å². The highest BCUT2D eigenvalue weighted by atomic mass is 16.5. The fraction of sp³-hybridized carbons (Fsp3) is 0.227. The minimum Gasteiger partial charge on any atom is -0.508 e. The molecule has 0 unspecified atom stereocenters. The van der Waals surface area contributed by atoms with E-state index >= 15 is 0 Å². The molecule has 8 nitrogen and oxygen atoms in total. The second kappa shape index (κ2) is 8.00. The molecule has 8 heteroatoms. The van der Waals surface area contributed by atoms with Crippen molar-refractivity contribution >= 4 is 17.3 Å². The van der Waals surface area contributed by atoms with E-state index in [0.717, 1.165) is 29.9 Å². The van der Waals surface area contributed by atoms with Crippen LogP contribution in [0.15, 0.2) is 42.5 Å². The Labute approximate surface area is 174 Å². The van der Waals surface area contributed by atoms with Crippen LogP contribution >= 0.6 is 0 Å². The molecular weight excluding hydrogens is 382 g/mol. The lowest BCUT2D eigenvalue weighted by molar-refractivity contribution is 0.0996. The van der Waals surface area contributed by atoms with Crippen molar-refractivity contribution in [3.63, 3.8) is 0 Å². The monoisotopic (exact) mass is 405 g/mol. The van der Waals surface area contributed by atoms with Crippen LogP contribution in [0.4, 0.5) is 11.4 Å². The van der Waals surface area contributed by atoms with Crippen molar-refractivity contribution in [2.45, 2.75) is 6.92 Å². The van der Waals surface area contributed by atoms with Gasteiger partial charge in [0, 0.05) is 29.9 Å². The first-order valence-electron chi connectivity index (χ1n) is 9.64. The summed E-state index contributed by atoms with van der Waals surface area (Å²) in [6, 6.07) is 12.7. The highest BCUT2D eigenvalue weighted by molar-refractivity contribution is 5.99. The molecule has 1 aliphatic rings. The molecule has 1 amide bonds. The summed E-state index contributed by atoms with van der Waals surface area (Å²) in [6.07, 6.45) is 0. The summed E-state index contributed by atoms with van der Waals surface area (Å²) in [5.41, 5.74) is 15.4. The molecule has 0 spiro atoms. The lowest BCUT2D eigenvalue weighted by Gasteiger charge is -2.28. The predicted octanol–water partition coefficient (Wildman–Crippen LogP) is 2.34. The van der Waals surface area contributed by atoms with Crippen LogP contribution in [0.1, 0.15) is 16.1 Å². The number of nitrogens with zero attached hydrogens (tertiary/aromatic N) is 3. The third-order valence-corrected chi connectivity index (χ3v) is 5.16. The van der Waals surface area contributed by atoms with Gasteiger partial charge < -0.3 is 26.2 Å². The zero-order valence-electron chi connectivity index (χ0n) is 16.6. The molecule has 3 aromatic rings. The summed E-state index contributed by atoms with van der Waals surface area (Å²) in [5.74, 6) is -0.324. The van der Waals surface area contributed by atoms with Gasteiger partial charge in [-0.2, -0.15) is 0 Å². The summed E-state index contributed by atoms with van der Waals surface area (Å²) in [5, 5.41) is 9.92. The van der Waals surface area contributed by atoms with E-state index in [1.807, 2.05) is 31.2 Å². The fourth-order valence-electron chi connectivity index (χ4n) is 3.50. The van der Waals surface area contributed by atoms with Gasteiger partial charge in [0.2, 0.25) is 0 Å². The molecule has 2 heterocycles. The summed E-state index contributed by atoms with van der Waals surface area (Å²) in [7, 11) is 0. The number of carbonyl (C=O) groups excluding carboxylic acids is 1. The zero-order chi connectivity index (χ0) is 21.3. The maximum Gasteiger partial charge on any atom is 0.269 e. The molecule has 154 valence electrons. The van der Waals surface area contributed by atoms with E-state index in [2.05, 4.69) is 14.9 Å². The predicted molar refractivity (Wildman–Crippen MR) is 115 cm³/mol. The minimum atomic E-state index is -0.736. The molecule has 1 aliphatic heterocycles. The lowest BCUT2D eigenvalue weighted by atomic mass is 10.0. The number of morpholine rings is 1. The molecule has 1 fully saturated rings. The Morgan fingerprint density at radius 1 is 1.10 bits per heavy atom. The van der Waals surface area contributed by atoms with Crippen molar-refractivity contribution < 1.29 is 14.6 Å². The molecule has 0 atom stereocenters. The highest BCUT2D eigenvalue weighted by Crippen LogP contribution is 2.33. The van der Waals surface area contributed by atoms with Gasteiger partial charge in [0.15, 0.2) is 11.5 Å². The molecule has 30 heavy (non-hydrogen) atoms. The maximum absolute atomic E-state index is 12.0. The smallest absolute Gasteiger partial charge is 0.269 e. The van der Waals surface area contributed by atoms with Gasteiger partial charge in [-0.05, 0) is 48.9 Å². The third kappa shape index (κ3) is 3.77.